The number of carbonyl (C=O) groups is 1. The van der Waals surface area contributed by atoms with E-state index in [2.05, 4.69) is 18.7 Å². The molecule has 4 nitrogen and oxygen atoms in total. The Morgan fingerprint density at radius 2 is 1.76 bits per heavy atom. The molecule has 1 aliphatic rings. The van der Waals surface area contributed by atoms with Crippen LogP contribution in [0.25, 0.3) is 0 Å². The van der Waals surface area contributed by atoms with Crippen molar-refractivity contribution >= 4 is 48.0 Å². The molecule has 1 aromatic rings. The molecule has 0 atom stereocenters. The van der Waals surface area contributed by atoms with Crippen molar-refractivity contribution in [2.45, 2.75) is 19.9 Å². The normalized spacial score (nSPS) is 15.3. The second-order valence-corrected chi connectivity index (χ2v) is 5.57. The van der Waals surface area contributed by atoms with Crippen LogP contribution in [0.4, 0.5) is 5.69 Å². The Morgan fingerprint density at radius 1 is 1.19 bits per heavy atom. The van der Waals surface area contributed by atoms with Gasteiger partial charge in [0.1, 0.15) is 0 Å². The number of rotatable bonds is 2. The van der Waals surface area contributed by atoms with Crippen LogP contribution in [0.5, 0.6) is 0 Å². The number of piperazine rings is 1. The van der Waals surface area contributed by atoms with Crippen molar-refractivity contribution in [2.75, 3.05) is 31.9 Å². The van der Waals surface area contributed by atoms with Gasteiger partial charge in [-0.25, -0.2) is 0 Å². The van der Waals surface area contributed by atoms with E-state index in [1.54, 1.807) is 18.2 Å². The smallest absolute Gasteiger partial charge is 0.255 e. The first-order valence-electron chi connectivity index (χ1n) is 6.57. The summed E-state index contributed by atoms with van der Waals surface area (Å²) in [6, 6.07) is 5.56. The lowest BCUT2D eigenvalue weighted by Crippen LogP contribution is -2.50. The van der Waals surface area contributed by atoms with E-state index >= 15 is 0 Å². The highest BCUT2D eigenvalue weighted by atomic mass is 35.5. The predicted molar refractivity (Wildman–Crippen MR) is 93.0 cm³/mol. The molecular weight excluding hydrogens is 333 g/mol. The number of benzene rings is 1. The lowest BCUT2D eigenvalue weighted by molar-refractivity contribution is 0.0595. The molecule has 1 heterocycles. The number of amides is 1. The molecule has 1 saturated heterocycles. The SMILES string of the molecule is CC(C)N1CCN(C(=O)c2ccc(N)cc2Cl)CC1.Cl.Cl. The van der Waals surface area contributed by atoms with Gasteiger partial charge in [-0.3, -0.25) is 9.69 Å². The monoisotopic (exact) mass is 353 g/mol. The number of anilines is 1. The van der Waals surface area contributed by atoms with E-state index in [-0.39, 0.29) is 30.7 Å². The highest BCUT2D eigenvalue weighted by Crippen LogP contribution is 2.21. The summed E-state index contributed by atoms with van der Waals surface area (Å²) in [5.41, 5.74) is 6.75. The molecule has 0 spiro atoms. The van der Waals surface area contributed by atoms with Crippen molar-refractivity contribution in [3.05, 3.63) is 28.8 Å². The molecule has 0 saturated carbocycles. The van der Waals surface area contributed by atoms with Gasteiger partial charge < -0.3 is 10.6 Å². The van der Waals surface area contributed by atoms with Gasteiger partial charge in [-0.15, -0.1) is 24.8 Å². The van der Waals surface area contributed by atoms with Crippen LogP contribution in [0.1, 0.15) is 24.2 Å². The van der Waals surface area contributed by atoms with Crippen LogP contribution in [0.3, 0.4) is 0 Å². The number of hydrogen-bond acceptors (Lipinski definition) is 3. The Kier molecular flexibility index (Phi) is 8.41. The van der Waals surface area contributed by atoms with Crippen LogP contribution in [0, 0.1) is 0 Å². The minimum absolute atomic E-state index is 0. The van der Waals surface area contributed by atoms with Crippen LogP contribution in [0.15, 0.2) is 18.2 Å². The lowest BCUT2D eigenvalue weighted by atomic mass is 10.1. The van der Waals surface area contributed by atoms with Gasteiger partial charge in [0.2, 0.25) is 0 Å². The molecule has 2 N–H and O–H groups in total. The average Bonchev–Trinajstić information content (AvgIpc) is 2.38. The first kappa shape index (κ1) is 20.3. The predicted octanol–water partition coefficient (Wildman–Crippen LogP) is 2.93. The number of nitrogens with zero attached hydrogens (tertiary/aromatic N) is 2. The van der Waals surface area contributed by atoms with Crippen LogP contribution in [-0.4, -0.2) is 47.9 Å². The van der Waals surface area contributed by atoms with Crippen molar-refractivity contribution in [3.63, 3.8) is 0 Å². The van der Waals surface area contributed by atoms with Gasteiger partial charge in [0, 0.05) is 37.9 Å². The number of nitrogens with two attached hydrogens (primary N) is 1. The molecular formula is C14H22Cl3N3O. The number of hydrogen-bond donors (Lipinski definition) is 1. The van der Waals surface area contributed by atoms with Gasteiger partial charge in [-0.05, 0) is 32.0 Å². The van der Waals surface area contributed by atoms with E-state index in [0.717, 1.165) is 26.2 Å². The lowest BCUT2D eigenvalue weighted by Gasteiger charge is -2.37. The summed E-state index contributed by atoms with van der Waals surface area (Å²) >= 11 is 6.08. The zero-order valence-corrected chi connectivity index (χ0v) is 14.6. The standard InChI is InChI=1S/C14H20ClN3O.2ClH/c1-10(2)17-5-7-18(8-6-17)14(19)12-4-3-11(16)9-13(12)15;;/h3-4,9-10H,5-8,16H2,1-2H3;2*1H. The Labute approximate surface area is 143 Å². The second kappa shape index (κ2) is 8.69. The molecule has 0 bridgehead atoms. The first-order valence-corrected chi connectivity index (χ1v) is 6.95. The summed E-state index contributed by atoms with van der Waals surface area (Å²) in [5, 5.41) is 0.427. The summed E-state index contributed by atoms with van der Waals surface area (Å²) in [5.74, 6) is -0.00611. The highest BCUT2D eigenvalue weighted by Gasteiger charge is 2.24. The fourth-order valence-corrected chi connectivity index (χ4v) is 2.59. The fraction of sp³-hybridized carbons (Fsp3) is 0.500. The first-order chi connectivity index (χ1) is 8.99. The Balaban J connectivity index is 0.00000200. The van der Waals surface area contributed by atoms with Crippen LogP contribution in [-0.2, 0) is 0 Å². The molecule has 1 amide bonds. The van der Waals surface area contributed by atoms with Gasteiger partial charge >= 0.3 is 0 Å². The second-order valence-electron chi connectivity index (χ2n) is 5.16. The van der Waals surface area contributed by atoms with Gasteiger partial charge in [0.05, 0.1) is 10.6 Å². The Hall–Kier alpha value is -0.680. The van der Waals surface area contributed by atoms with Gasteiger partial charge in [0.25, 0.3) is 5.91 Å². The zero-order valence-electron chi connectivity index (χ0n) is 12.2. The third-order valence-electron chi connectivity index (χ3n) is 3.56. The molecule has 1 fully saturated rings. The van der Waals surface area contributed by atoms with E-state index in [4.69, 9.17) is 17.3 Å². The molecule has 0 aliphatic carbocycles. The molecule has 0 unspecified atom stereocenters. The van der Waals surface area contributed by atoms with Gasteiger partial charge in [-0.1, -0.05) is 11.6 Å². The summed E-state index contributed by atoms with van der Waals surface area (Å²) in [7, 11) is 0. The largest absolute Gasteiger partial charge is 0.399 e. The molecule has 0 radical (unpaired) electrons. The third kappa shape index (κ3) is 4.92. The van der Waals surface area contributed by atoms with E-state index in [1.807, 2.05) is 4.90 Å². The maximum absolute atomic E-state index is 12.4. The third-order valence-corrected chi connectivity index (χ3v) is 3.87. The fourth-order valence-electron chi connectivity index (χ4n) is 2.32. The van der Waals surface area contributed by atoms with Crippen molar-refractivity contribution in [1.29, 1.82) is 0 Å². The molecule has 1 aliphatic heterocycles. The Morgan fingerprint density at radius 3 is 2.24 bits per heavy atom. The van der Waals surface area contributed by atoms with E-state index in [0.29, 0.717) is 22.3 Å². The van der Waals surface area contributed by atoms with Crippen LogP contribution < -0.4 is 5.73 Å². The van der Waals surface area contributed by atoms with Crippen molar-refractivity contribution in [2.24, 2.45) is 0 Å². The Bertz CT molecular complexity index is 475. The number of carbonyl (C=O) groups excluding carboxylic acids is 1. The minimum atomic E-state index is -0.00611. The molecule has 0 aromatic heterocycles. The molecule has 7 heteroatoms. The average molecular weight is 355 g/mol. The minimum Gasteiger partial charge on any atom is -0.399 e. The van der Waals surface area contributed by atoms with E-state index in [1.165, 1.54) is 0 Å². The summed E-state index contributed by atoms with van der Waals surface area (Å²) in [6.45, 7) is 7.67. The molecule has 2 rings (SSSR count). The summed E-state index contributed by atoms with van der Waals surface area (Å²) in [4.78, 5) is 16.6. The van der Waals surface area contributed by atoms with Gasteiger partial charge in [-0.2, -0.15) is 0 Å². The quantitative estimate of drug-likeness (QED) is 0.831. The maximum Gasteiger partial charge on any atom is 0.255 e. The van der Waals surface area contributed by atoms with Crippen molar-refractivity contribution in [1.82, 2.24) is 9.80 Å². The molecule has 1 aromatic carbocycles. The highest BCUT2D eigenvalue weighted by molar-refractivity contribution is 6.34. The van der Waals surface area contributed by atoms with Crippen molar-refractivity contribution < 1.29 is 4.79 Å². The topological polar surface area (TPSA) is 49.6 Å². The van der Waals surface area contributed by atoms with E-state index < -0.39 is 0 Å². The summed E-state index contributed by atoms with van der Waals surface area (Å²) < 4.78 is 0. The van der Waals surface area contributed by atoms with E-state index in [9.17, 15) is 4.79 Å². The van der Waals surface area contributed by atoms with Gasteiger partial charge in [0.15, 0.2) is 0 Å². The van der Waals surface area contributed by atoms with Crippen molar-refractivity contribution in [3.8, 4) is 0 Å². The van der Waals surface area contributed by atoms with Crippen LogP contribution >= 0.6 is 36.4 Å². The number of nitrogen functional groups attached to an aromatic ring is 1. The molecule has 21 heavy (non-hydrogen) atoms. The maximum atomic E-state index is 12.4. The van der Waals surface area contributed by atoms with Crippen LogP contribution in [0.2, 0.25) is 5.02 Å². The summed E-state index contributed by atoms with van der Waals surface area (Å²) in [6.07, 6.45) is 0. The number of halogens is 3. The molecule has 120 valence electrons. The zero-order chi connectivity index (χ0) is 14.0.